The third-order valence-corrected chi connectivity index (χ3v) is 3.38. The normalized spacial score (nSPS) is 10.8. The summed E-state index contributed by atoms with van der Waals surface area (Å²) in [6.07, 6.45) is 0. The molecule has 0 atom stereocenters. The first kappa shape index (κ1) is 16.5. The Bertz CT molecular complexity index is 879. The zero-order chi connectivity index (χ0) is 17.1. The molecule has 0 aliphatic rings. The van der Waals surface area contributed by atoms with Crippen LogP contribution in [0.15, 0.2) is 27.8 Å². The molecule has 8 nitrogen and oxygen atoms in total. The van der Waals surface area contributed by atoms with Crippen molar-refractivity contribution in [2.75, 3.05) is 0 Å². The number of aryl methyl sites for hydroxylation is 1. The summed E-state index contributed by atoms with van der Waals surface area (Å²) in [5.41, 5.74) is 4.37. The molecule has 0 spiro atoms. The van der Waals surface area contributed by atoms with E-state index in [-0.39, 0.29) is 17.4 Å². The lowest BCUT2D eigenvalue weighted by Gasteiger charge is -2.11. The molecule has 8 heteroatoms. The summed E-state index contributed by atoms with van der Waals surface area (Å²) in [4.78, 5) is 49.3. The molecule has 0 fully saturated rings. The van der Waals surface area contributed by atoms with Crippen LogP contribution in [0.3, 0.4) is 0 Å². The summed E-state index contributed by atoms with van der Waals surface area (Å²) in [5, 5.41) is 0. The highest BCUT2D eigenvalue weighted by Crippen LogP contribution is 2.11. The molecule has 2 amide bonds. The lowest BCUT2D eigenvalue weighted by Crippen LogP contribution is -2.43. The van der Waals surface area contributed by atoms with Gasteiger partial charge in [0.1, 0.15) is 0 Å². The number of hydrazine groups is 1. The summed E-state index contributed by atoms with van der Waals surface area (Å²) in [5.74, 6) is -1.09. The number of aromatic amines is 1. The van der Waals surface area contributed by atoms with Gasteiger partial charge in [-0.05, 0) is 25.1 Å². The smallest absolute Gasteiger partial charge is 0.316 e. The van der Waals surface area contributed by atoms with Gasteiger partial charge in [0.25, 0.3) is 5.91 Å². The predicted octanol–water partition coefficient (Wildman–Crippen LogP) is 0.127. The molecule has 0 saturated heterocycles. The zero-order valence-corrected chi connectivity index (χ0v) is 13.1. The van der Waals surface area contributed by atoms with Crippen LogP contribution >= 0.6 is 0 Å². The molecule has 2 rings (SSSR count). The first-order valence-electron chi connectivity index (χ1n) is 7.22. The van der Waals surface area contributed by atoms with Gasteiger partial charge in [-0.3, -0.25) is 30.0 Å². The fourth-order valence-corrected chi connectivity index (χ4v) is 2.07. The number of fused-ring (bicyclic) bond motifs is 1. The molecule has 0 saturated carbocycles. The standard InChI is InChI=1S/C15H18N4O4/c1-4-19-11-6-5-9(7-10(11)16-14(22)15(19)23)13(21)18-17-12(20)8(2)3/h5-8H,4H2,1-3H3,(H,16,22)(H,17,20)(H,18,21). The molecular formula is C15H18N4O4. The van der Waals surface area contributed by atoms with Gasteiger partial charge in [0.2, 0.25) is 5.91 Å². The van der Waals surface area contributed by atoms with E-state index in [2.05, 4.69) is 15.8 Å². The molecule has 23 heavy (non-hydrogen) atoms. The third-order valence-electron chi connectivity index (χ3n) is 3.38. The van der Waals surface area contributed by atoms with Crippen molar-refractivity contribution in [2.24, 2.45) is 5.92 Å². The van der Waals surface area contributed by atoms with Gasteiger partial charge in [0.05, 0.1) is 11.0 Å². The van der Waals surface area contributed by atoms with Crippen molar-refractivity contribution in [3.05, 3.63) is 44.5 Å². The Labute approximate surface area is 131 Å². The van der Waals surface area contributed by atoms with Gasteiger partial charge in [-0.1, -0.05) is 13.8 Å². The van der Waals surface area contributed by atoms with Gasteiger partial charge in [0.15, 0.2) is 0 Å². The van der Waals surface area contributed by atoms with Crippen LogP contribution < -0.4 is 22.0 Å². The number of H-pyrrole nitrogens is 1. The molecule has 0 radical (unpaired) electrons. The van der Waals surface area contributed by atoms with Gasteiger partial charge in [-0.15, -0.1) is 0 Å². The van der Waals surface area contributed by atoms with Crippen molar-refractivity contribution in [1.82, 2.24) is 20.4 Å². The quantitative estimate of drug-likeness (QED) is 0.551. The minimum absolute atomic E-state index is 0.249. The molecule has 1 aromatic heterocycles. The molecule has 3 N–H and O–H groups in total. The number of aromatic nitrogens is 2. The fourth-order valence-electron chi connectivity index (χ4n) is 2.07. The Kier molecular flexibility index (Phi) is 4.63. The van der Waals surface area contributed by atoms with Gasteiger partial charge in [-0.25, -0.2) is 0 Å². The molecule has 2 aromatic rings. The van der Waals surface area contributed by atoms with Crippen LogP contribution in [0.1, 0.15) is 31.1 Å². The summed E-state index contributed by atoms with van der Waals surface area (Å²) >= 11 is 0. The second-order valence-electron chi connectivity index (χ2n) is 5.33. The van der Waals surface area contributed by atoms with E-state index in [1.54, 1.807) is 26.8 Å². The summed E-state index contributed by atoms with van der Waals surface area (Å²) < 4.78 is 1.33. The molecule has 0 bridgehead atoms. The Morgan fingerprint density at radius 3 is 2.52 bits per heavy atom. The number of carbonyl (C=O) groups is 2. The van der Waals surface area contributed by atoms with Gasteiger partial charge >= 0.3 is 11.1 Å². The fraction of sp³-hybridized carbons (Fsp3) is 0.333. The minimum Gasteiger partial charge on any atom is -0.316 e. The van der Waals surface area contributed by atoms with E-state index >= 15 is 0 Å². The highest BCUT2D eigenvalue weighted by Gasteiger charge is 2.12. The lowest BCUT2D eigenvalue weighted by atomic mass is 10.2. The average Bonchev–Trinajstić information content (AvgIpc) is 2.52. The number of nitrogens with one attached hydrogen (secondary N) is 3. The van der Waals surface area contributed by atoms with Gasteiger partial charge in [-0.2, -0.15) is 0 Å². The molecule has 1 aromatic carbocycles. The van der Waals surface area contributed by atoms with Crippen molar-refractivity contribution >= 4 is 22.8 Å². The van der Waals surface area contributed by atoms with Crippen molar-refractivity contribution in [2.45, 2.75) is 27.3 Å². The van der Waals surface area contributed by atoms with Crippen molar-refractivity contribution in [3.63, 3.8) is 0 Å². The Balaban J connectivity index is 2.35. The summed E-state index contributed by atoms with van der Waals surface area (Å²) in [6.45, 7) is 5.50. The van der Waals surface area contributed by atoms with Crippen LogP contribution in [0.2, 0.25) is 0 Å². The zero-order valence-electron chi connectivity index (χ0n) is 13.1. The lowest BCUT2D eigenvalue weighted by molar-refractivity contribution is -0.124. The summed E-state index contributed by atoms with van der Waals surface area (Å²) in [6, 6.07) is 4.55. The first-order chi connectivity index (χ1) is 10.8. The van der Waals surface area contributed by atoms with Crippen LogP contribution in [0.5, 0.6) is 0 Å². The second-order valence-corrected chi connectivity index (χ2v) is 5.33. The molecule has 0 aliphatic heterocycles. The van der Waals surface area contributed by atoms with E-state index in [0.717, 1.165) is 0 Å². The molecule has 0 aliphatic carbocycles. The number of amides is 2. The van der Waals surface area contributed by atoms with Gasteiger partial charge in [0, 0.05) is 18.0 Å². The maximum atomic E-state index is 12.0. The number of benzene rings is 1. The third kappa shape index (κ3) is 3.31. The number of hydrogen-bond acceptors (Lipinski definition) is 4. The second kappa shape index (κ2) is 6.47. The highest BCUT2D eigenvalue weighted by atomic mass is 16.2. The van der Waals surface area contributed by atoms with E-state index in [1.165, 1.54) is 16.7 Å². The van der Waals surface area contributed by atoms with Crippen molar-refractivity contribution in [1.29, 1.82) is 0 Å². The first-order valence-corrected chi connectivity index (χ1v) is 7.22. The van der Waals surface area contributed by atoms with Crippen LogP contribution in [0.4, 0.5) is 0 Å². The van der Waals surface area contributed by atoms with E-state index < -0.39 is 17.0 Å². The van der Waals surface area contributed by atoms with Gasteiger partial charge < -0.3 is 9.55 Å². The number of nitrogens with zero attached hydrogens (tertiary/aromatic N) is 1. The topological polar surface area (TPSA) is 113 Å². The average molecular weight is 318 g/mol. The minimum atomic E-state index is -0.745. The van der Waals surface area contributed by atoms with Crippen LogP contribution in [0, 0.1) is 5.92 Å². The number of rotatable bonds is 3. The number of carbonyl (C=O) groups excluding carboxylic acids is 2. The summed E-state index contributed by atoms with van der Waals surface area (Å²) in [7, 11) is 0. The molecule has 0 unspecified atom stereocenters. The largest absolute Gasteiger partial charge is 0.316 e. The molecule has 1 heterocycles. The highest BCUT2D eigenvalue weighted by molar-refractivity contribution is 5.98. The number of hydrogen-bond donors (Lipinski definition) is 3. The molecule has 122 valence electrons. The van der Waals surface area contributed by atoms with E-state index in [0.29, 0.717) is 17.6 Å². The van der Waals surface area contributed by atoms with Crippen LogP contribution in [0.25, 0.3) is 11.0 Å². The maximum absolute atomic E-state index is 12.0. The Hall–Kier alpha value is -2.90. The van der Waals surface area contributed by atoms with E-state index in [4.69, 9.17) is 0 Å². The SMILES string of the molecule is CCn1c(=O)c(=O)[nH]c2cc(C(=O)NNC(=O)C(C)C)ccc21. The van der Waals surface area contributed by atoms with Crippen molar-refractivity contribution < 1.29 is 9.59 Å². The molecular weight excluding hydrogens is 300 g/mol. The maximum Gasteiger partial charge on any atom is 0.316 e. The Morgan fingerprint density at radius 2 is 1.91 bits per heavy atom. The predicted molar refractivity (Wildman–Crippen MR) is 84.9 cm³/mol. The van der Waals surface area contributed by atoms with Crippen molar-refractivity contribution in [3.8, 4) is 0 Å². The van der Waals surface area contributed by atoms with Crippen LogP contribution in [-0.4, -0.2) is 21.4 Å². The van der Waals surface area contributed by atoms with Crippen LogP contribution in [-0.2, 0) is 11.3 Å². The monoisotopic (exact) mass is 318 g/mol. The van der Waals surface area contributed by atoms with E-state index in [9.17, 15) is 19.2 Å². The van der Waals surface area contributed by atoms with E-state index in [1.807, 2.05) is 0 Å². The Morgan fingerprint density at radius 1 is 1.22 bits per heavy atom.